The Balaban J connectivity index is 1.42. The summed E-state index contributed by atoms with van der Waals surface area (Å²) in [7, 11) is 0. The second-order valence-electron chi connectivity index (χ2n) is 6.98. The maximum Gasteiger partial charge on any atom is 0.323 e. The van der Waals surface area contributed by atoms with Gasteiger partial charge < -0.3 is 20.5 Å². The van der Waals surface area contributed by atoms with Crippen LogP contribution in [0.25, 0.3) is 11.0 Å². The number of urea groups is 1. The Morgan fingerprint density at radius 3 is 2.87 bits per heavy atom. The lowest BCUT2D eigenvalue weighted by Gasteiger charge is -2.19. The molecule has 0 saturated heterocycles. The molecule has 0 fully saturated rings. The van der Waals surface area contributed by atoms with E-state index >= 15 is 0 Å². The molecule has 5 rings (SSSR count). The van der Waals surface area contributed by atoms with Crippen LogP contribution in [0.4, 0.5) is 26.2 Å². The van der Waals surface area contributed by atoms with Crippen LogP contribution in [0.1, 0.15) is 13.9 Å². The molecule has 0 aliphatic carbocycles. The van der Waals surface area contributed by atoms with E-state index in [0.29, 0.717) is 35.6 Å². The van der Waals surface area contributed by atoms with Gasteiger partial charge in [0.1, 0.15) is 11.5 Å². The summed E-state index contributed by atoms with van der Waals surface area (Å²) in [5, 5.41) is 6.01. The van der Waals surface area contributed by atoms with E-state index in [1.165, 1.54) is 12.1 Å². The molecule has 3 N–H and O–H groups in total. The number of pyridine rings is 1. The molecule has 2 aromatic carbocycles. The molecule has 7 heteroatoms. The molecule has 2 amide bonds. The molecule has 150 valence electrons. The van der Waals surface area contributed by atoms with Crippen molar-refractivity contribution in [2.45, 2.75) is 12.9 Å². The van der Waals surface area contributed by atoms with Gasteiger partial charge in [0.2, 0.25) is 0 Å². The lowest BCUT2D eigenvalue weighted by molar-refractivity contribution is 0.262. The number of halogens is 1. The van der Waals surface area contributed by atoms with Gasteiger partial charge in [0, 0.05) is 47.8 Å². The first-order valence-electron chi connectivity index (χ1n) is 10.6. The van der Waals surface area contributed by atoms with Crippen LogP contribution in [0.2, 0.25) is 0 Å². The van der Waals surface area contributed by atoms with Gasteiger partial charge in [-0.25, -0.2) is 14.2 Å². The number of carbonyl (C=O) groups excluding carboxylic acids is 1. The second-order valence-corrected chi connectivity index (χ2v) is 6.98. The Bertz CT molecular complexity index is 1320. The van der Waals surface area contributed by atoms with Crippen LogP contribution < -0.4 is 15.5 Å². The third-order valence-electron chi connectivity index (χ3n) is 5.10. The van der Waals surface area contributed by atoms with E-state index in [4.69, 9.17) is 2.74 Å². The predicted octanol–water partition coefficient (Wildman–Crippen LogP) is 4.91. The molecule has 6 nitrogen and oxygen atoms in total. The minimum Gasteiger partial charge on any atom is -0.367 e. The Morgan fingerprint density at radius 2 is 1.97 bits per heavy atom. The van der Waals surface area contributed by atoms with E-state index in [2.05, 4.69) is 20.6 Å². The van der Waals surface area contributed by atoms with Crippen molar-refractivity contribution in [1.29, 1.82) is 0 Å². The summed E-state index contributed by atoms with van der Waals surface area (Å²) in [6, 6.07) is 14.4. The van der Waals surface area contributed by atoms with Crippen LogP contribution in [-0.4, -0.2) is 22.5 Å². The third kappa shape index (κ3) is 3.34. The zero-order valence-electron chi connectivity index (χ0n) is 17.9. The summed E-state index contributed by atoms with van der Waals surface area (Å²) >= 11 is 0. The van der Waals surface area contributed by atoms with Crippen LogP contribution in [-0.2, 0) is 12.9 Å². The SMILES string of the molecule is [2H]C([2H])(c1c[nH]c2ncccc12)N1CCc2c(NC(=O)Nc3ccccc3F)cccc21. The highest BCUT2D eigenvalue weighted by Gasteiger charge is 2.23. The maximum absolute atomic E-state index is 13.8. The third-order valence-corrected chi connectivity index (χ3v) is 5.10. The highest BCUT2D eigenvalue weighted by atomic mass is 19.1. The number of rotatable bonds is 4. The van der Waals surface area contributed by atoms with E-state index in [1.807, 2.05) is 12.1 Å². The lowest BCUT2D eigenvalue weighted by atomic mass is 10.1. The number of hydrogen-bond acceptors (Lipinski definition) is 3. The second kappa shape index (κ2) is 7.51. The van der Waals surface area contributed by atoms with Crippen molar-refractivity contribution in [1.82, 2.24) is 9.97 Å². The molecule has 0 bridgehead atoms. The van der Waals surface area contributed by atoms with Gasteiger partial charge in [0.15, 0.2) is 0 Å². The standard InChI is InChI=1S/C23H20FN5O/c24-18-6-1-2-7-20(18)28-23(30)27-19-8-3-9-21-17(19)10-12-29(21)14-15-13-26-22-16(15)5-4-11-25-22/h1-9,11,13H,10,12,14H2,(H,25,26)(H2,27,28,30)/i14D2. The van der Waals surface area contributed by atoms with Crippen molar-refractivity contribution < 1.29 is 11.9 Å². The minimum absolute atomic E-state index is 0.0866. The molecule has 0 atom stereocenters. The fraction of sp³-hybridized carbons (Fsp3) is 0.130. The van der Waals surface area contributed by atoms with E-state index < -0.39 is 18.3 Å². The molecule has 0 saturated carbocycles. The molecular formula is C23H20FN5O. The number of aromatic nitrogens is 2. The first-order valence-corrected chi connectivity index (χ1v) is 9.60. The smallest absolute Gasteiger partial charge is 0.323 e. The summed E-state index contributed by atoms with van der Waals surface area (Å²) in [6.45, 7) is -1.34. The number of H-pyrrole nitrogens is 1. The zero-order chi connectivity index (χ0) is 22.3. The molecule has 0 unspecified atom stereocenters. The van der Waals surface area contributed by atoms with Crippen LogP contribution >= 0.6 is 0 Å². The van der Waals surface area contributed by atoms with Crippen molar-refractivity contribution in [3.05, 3.63) is 83.9 Å². The number of benzene rings is 2. The Morgan fingerprint density at radius 1 is 1.13 bits per heavy atom. The summed E-state index contributed by atoms with van der Waals surface area (Å²) < 4.78 is 31.6. The summed E-state index contributed by atoms with van der Waals surface area (Å²) in [5.74, 6) is -0.520. The fourth-order valence-electron chi connectivity index (χ4n) is 3.70. The number of para-hydroxylation sites is 1. The molecule has 1 aliphatic rings. The van der Waals surface area contributed by atoms with Gasteiger partial charge >= 0.3 is 6.03 Å². The fourth-order valence-corrected chi connectivity index (χ4v) is 3.70. The molecular weight excluding hydrogens is 381 g/mol. The van der Waals surface area contributed by atoms with E-state index in [1.54, 1.807) is 47.6 Å². The van der Waals surface area contributed by atoms with Gasteiger partial charge in [-0.2, -0.15) is 0 Å². The lowest BCUT2D eigenvalue weighted by Crippen LogP contribution is -2.21. The highest BCUT2D eigenvalue weighted by Crippen LogP contribution is 2.35. The Hall–Kier alpha value is -3.87. The van der Waals surface area contributed by atoms with Gasteiger partial charge in [0.05, 0.1) is 8.43 Å². The average molecular weight is 403 g/mol. The first-order chi connectivity index (χ1) is 15.4. The molecule has 0 radical (unpaired) electrons. The van der Waals surface area contributed by atoms with Crippen molar-refractivity contribution in [2.24, 2.45) is 0 Å². The number of nitrogens with one attached hydrogen (secondary N) is 3. The van der Waals surface area contributed by atoms with Crippen molar-refractivity contribution in [3.63, 3.8) is 0 Å². The number of aromatic amines is 1. The first kappa shape index (κ1) is 16.0. The number of fused-ring (bicyclic) bond motifs is 2. The van der Waals surface area contributed by atoms with Crippen LogP contribution in [0.3, 0.4) is 0 Å². The van der Waals surface area contributed by atoms with Gasteiger partial charge in [-0.3, -0.25) is 0 Å². The largest absolute Gasteiger partial charge is 0.367 e. The molecule has 30 heavy (non-hydrogen) atoms. The van der Waals surface area contributed by atoms with E-state index in [9.17, 15) is 9.18 Å². The average Bonchev–Trinajstić information content (AvgIpc) is 3.41. The minimum atomic E-state index is -1.79. The number of anilines is 3. The number of nitrogens with zero attached hydrogens (tertiary/aromatic N) is 2. The predicted molar refractivity (Wildman–Crippen MR) is 116 cm³/mol. The number of hydrogen-bond donors (Lipinski definition) is 3. The zero-order valence-corrected chi connectivity index (χ0v) is 15.9. The van der Waals surface area contributed by atoms with Crippen LogP contribution in [0, 0.1) is 5.82 Å². The molecule has 3 heterocycles. The van der Waals surface area contributed by atoms with Crippen molar-refractivity contribution in [3.8, 4) is 0 Å². The number of amides is 2. The topological polar surface area (TPSA) is 73.0 Å². The van der Waals surface area contributed by atoms with Crippen LogP contribution in [0.5, 0.6) is 0 Å². The molecule has 0 spiro atoms. The summed E-state index contributed by atoms with van der Waals surface area (Å²) in [6.07, 6.45) is 3.87. The van der Waals surface area contributed by atoms with Gasteiger partial charge in [-0.1, -0.05) is 18.2 Å². The Kier molecular flexibility index (Phi) is 4.00. The van der Waals surface area contributed by atoms with Gasteiger partial charge in [0.25, 0.3) is 0 Å². The van der Waals surface area contributed by atoms with Crippen molar-refractivity contribution >= 4 is 34.1 Å². The Labute approximate surface area is 175 Å². The molecule has 2 aromatic heterocycles. The molecule has 4 aromatic rings. The molecule has 1 aliphatic heterocycles. The van der Waals surface area contributed by atoms with E-state index in [0.717, 1.165) is 10.9 Å². The summed E-state index contributed by atoms with van der Waals surface area (Å²) in [5.41, 5.74) is 3.32. The van der Waals surface area contributed by atoms with Gasteiger partial charge in [-0.15, -0.1) is 0 Å². The maximum atomic E-state index is 13.8. The number of carbonyl (C=O) groups is 1. The van der Waals surface area contributed by atoms with Crippen LogP contribution in [0.15, 0.2) is 67.0 Å². The monoisotopic (exact) mass is 403 g/mol. The highest BCUT2D eigenvalue weighted by molar-refractivity contribution is 6.01. The summed E-state index contributed by atoms with van der Waals surface area (Å²) in [4.78, 5) is 21.4. The van der Waals surface area contributed by atoms with Gasteiger partial charge in [-0.05, 0) is 48.4 Å². The van der Waals surface area contributed by atoms with Crippen molar-refractivity contribution in [2.75, 3.05) is 22.1 Å². The quantitative estimate of drug-likeness (QED) is 0.453. The van der Waals surface area contributed by atoms with E-state index in [-0.39, 0.29) is 5.69 Å². The normalized spacial score (nSPS) is 14.2.